The van der Waals surface area contributed by atoms with E-state index >= 15 is 0 Å². The quantitative estimate of drug-likeness (QED) is 0.562. The monoisotopic (exact) mass is 308 g/mol. The topological polar surface area (TPSA) is 32.8 Å². The van der Waals surface area contributed by atoms with Crippen molar-refractivity contribution in [3.05, 3.63) is 78.8 Å². The molecule has 0 saturated carbocycles. The molecule has 3 nitrogen and oxygen atoms in total. The van der Waals surface area contributed by atoms with Crippen LogP contribution in [0.4, 0.5) is 8.78 Å². The number of hydrogen-bond acceptors (Lipinski definition) is 1. The number of rotatable bonds is 2. The van der Waals surface area contributed by atoms with Crippen molar-refractivity contribution in [2.75, 3.05) is 0 Å². The summed E-state index contributed by atoms with van der Waals surface area (Å²) in [5.74, 6) is -0.618. The first-order chi connectivity index (χ1) is 11.2. The molecule has 0 unspecified atom stereocenters. The first kappa shape index (κ1) is 13.6. The third kappa shape index (κ3) is 2.36. The van der Waals surface area contributed by atoms with E-state index in [1.807, 2.05) is 16.5 Å². The average molecular weight is 308 g/mol. The van der Waals surface area contributed by atoms with Crippen LogP contribution < -0.4 is 4.40 Å². The molecule has 0 fully saturated rings. The summed E-state index contributed by atoms with van der Waals surface area (Å²) in [6.07, 6.45) is 5.07. The molecule has 0 atom stereocenters. The zero-order chi connectivity index (χ0) is 15.8. The highest BCUT2D eigenvalue weighted by atomic mass is 19.1. The van der Waals surface area contributed by atoms with Gasteiger partial charge in [-0.3, -0.25) is 4.98 Å². The Bertz CT molecular complexity index is 977. The summed E-state index contributed by atoms with van der Waals surface area (Å²) in [5, 5.41) is 0. The second-order valence-corrected chi connectivity index (χ2v) is 5.19. The number of nitrogens with zero attached hydrogens (tertiary/aromatic N) is 2. The van der Waals surface area contributed by atoms with Crippen LogP contribution in [0.3, 0.4) is 0 Å². The van der Waals surface area contributed by atoms with Crippen molar-refractivity contribution in [1.82, 2.24) is 9.97 Å². The summed E-state index contributed by atoms with van der Waals surface area (Å²) in [7, 11) is 0. The van der Waals surface area contributed by atoms with E-state index in [1.165, 1.54) is 24.3 Å². The molecule has 23 heavy (non-hydrogen) atoms. The Labute approximate surface area is 130 Å². The molecular weight excluding hydrogens is 296 g/mol. The van der Waals surface area contributed by atoms with Gasteiger partial charge in [0.15, 0.2) is 11.4 Å². The molecule has 5 heteroatoms. The van der Waals surface area contributed by atoms with E-state index in [4.69, 9.17) is 0 Å². The van der Waals surface area contributed by atoms with Gasteiger partial charge in [-0.25, -0.2) is 13.8 Å². The van der Waals surface area contributed by atoms with Crippen molar-refractivity contribution in [3.8, 4) is 22.5 Å². The number of hydrogen-bond donors (Lipinski definition) is 1. The number of fused-ring (bicyclic) bond motifs is 1. The fourth-order valence-corrected chi connectivity index (χ4v) is 2.69. The number of aromatic amines is 1. The summed E-state index contributed by atoms with van der Waals surface area (Å²) >= 11 is 0. The lowest BCUT2D eigenvalue weighted by molar-refractivity contribution is -0.497. The number of nitrogens with one attached hydrogen (secondary N) is 1. The molecule has 4 rings (SSSR count). The zero-order valence-electron chi connectivity index (χ0n) is 12.0. The Morgan fingerprint density at radius 2 is 1.57 bits per heavy atom. The summed E-state index contributed by atoms with van der Waals surface area (Å²) < 4.78 is 28.6. The lowest BCUT2D eigenvalue weighted by Crippen LogP contribution is -2.21. The van der Waals surface area contributed by atoms with Gasteiger partial charge in [-0.05, 0) is 36.4 Å². The van der Waals surface area contributed by atoms with E-state index in [9.17, 15) is 8.78 Å². The predicted molar refractivity (Wildman–Crippen MR) is 82.5 cm³/mol. The molecule has 1 N–H and O–H groups in total. The van der Waals surface area contributed by atoms with Crippen molar-refractivity contribution in [1.29, 1.82) is 0 Å². The SMILES string of the molecule is Fc1ccc(-c2[nH]c3cc(F)cc[n+]3c2-c2ccncc2)cc1. The Morgan fingerprint density at radius 3 is 2.30 bits per heavy atom. The molecule has 0 radical (unpaired) electrons. The molecule has 112 valence electrons. The van der Waals surface area contributed by atoms with E-state index in [2.05, 4.69) is 9.97 Å². The second kappa shape index (κ2) is 5.28. The third-order valence-electron chi connectivity index (χ3n) is 3.73. The van der Waals surface area contributed by atoms with Gasteiger partial charge in [0, 0.05) is 29.6 Å². The van der Waals surface area contributed by atoms with Crippen LogP contribution in [-0.4, -0.2) is 9.97 Å². The van der Waals surface area contributed by atoms with E-state index in [0.29, 0.717) is 5.65 Å². The molecule has 0 aliphatic rings. The van der Waals surface area contributed by atoms with Gasteiger partial charge in [-0.15, -0.1) is 0 Å². The van der Waals surface area contributed by atoms with Crippen molar-refractivity contribution >= 4 is 5.65 Å². The molecule has 0 amide bonds. The maximum Gasteiger partial charge on any atom is 0.287 e. The van der Waals surface area contributed by atoms with Crippen molar-refractivity contribution in [2.45, 2.75) is 0 Å². The third-order valence-corrected chi connectivity index (χ3v) is 3.73. The van der Waals surface area contributed by atoms with Crippen LogP contribution in [0.5, 0.6) is 0 Å². The molecule has 0 spiro atoms. The van der Waals surface area contributed by atoms with Gasteiger partial charge in [0.25, 0.3) is 5.65 Å². The molecule has 1 aromatic carbocycles. The minimum Gasteiger partial charge on any atom is -0.265 e. The molecule has 0 aliphatic heterocycles. The molecule has 0 saturated heterocycles. The van der Waals surface area contributed by atoms with Gasteiger partial charge in [-0.2, -0.15) is 4.40 Å². The summed E-state index contributed by atoms with van der Waals surface area (Å²) in [6.45, 7) is 0. The van der Waals surface area contributed by atoms with Crippen LogP contribution in [0, 0.1) is 11.6 Å². The molecular formula is C18H12F2N3+. The predicted octanol–water partition coefficient (Wildman–Crippen LogP) is 3.76. The molecule has 0 aliphatic carbocycles. The largest absolute Gasteiger partial charge is 0.287 e. The highest BCUT2D eigenvalue weighted by Crippen LogP contribution is 2.29. The van der Waals surface area contributed by atoms with Gasteiger partial charge in [0.1, 0.15) is 11.6 Å². The van der Waals surface area contributed by atoms with Gasteiger partial charge in [-0.1, -0.05) is 0 Å². The Hall–Kier alpha value is -3.08. The summed E-state index contributed by atoms with van der Waals surface area (Å²) in [6, 6.07) is 12.8. The minimum atomic E-state index is -0.321. The summed E-state index contributed by atoms with van der Waals surface area (Å²) in [4.78, 5) is 7.25. The molecule has 3 aromatic heterocycles. The van der Waals surface area contributed by atoms with Gasteiger partial charge >= 0.3 is 0 Å². The van der Waals surface area contributed by atoms with Crippen molar-refractivity contribution in [2.24, 2.45) is 0 Å². The maximum absolute atomic E-state index is 13.5. The van der Waals surface area contributed by atoms with E-state index in [-0.39, 0.29) is 11.6 Å². The summed E-state index contributed by atoms with van der Waals surface area (Å²) in [5.41, 5.74) is 4.04. The van der Waals surface area contributed by atoms with Crippen LogP contribution in [0.25, 0.3) is 28.2 Å². The lowest BCUT2D eigenvalue weighted by Gasteiger charge is -2.00. The average Bonchev–Trinajstić information content (AvgIpc) is 2.94. The molecule has 3 heterocycles. The highest BCUT2D eigenvalue weighted by molar-refractivity contribution is 5.77. The molecule has 0 bridgehead atoms. The number of halogens is 2. The van der Waals surface area contributed by atoms with Crippen LogP contribution in [0.15, 0.2) is 67.1 Å². The Balaban J connectivity index is 2.04. The van der Waals surface area contributed by atoms with Crippen LogP contribution >= 0.6 is 0 Å². The number of benzene rings is 1. The molecule has 4 aromatic rings. The van der Waals surface area contributed by atoms with E-state index < -0.39 is 0 Å². The van der Waals surface area contributed by atoms with Crippen LogP contribution in [0.1, 0.15) is 0 Å². The number of pyridine rings is 2. The van der Waals surface area contributed by atoms with Gasteiger partial charge < -0.3 is 0 Å². The van der Waals surface area contributed by atoms with Gasteiger partial charge in [0.05, 0.1) is 12.3 Å². The standard InChI is InChI=1S/C18H11F2N3/c19-14-3-1-12(2-4-14)17-18(13-5-8-21-9-6-13)23-10-7-15(20)11-16(23)22-17/h1-11H/p+1. The smallest absolute Gasteiger partial charge is 0.265 e. The Kier molecular flexibility index (Phi) is 3.12. The number of aromatic nitrogens is 3. The maximum atomic E-state index is 13.5. The van der Waals surface area contributed by atoms with E-state index in [1.54, 1.807) is 30.7 Å². The van der Waals surface area contributed by atoms with Crippen molar-refractivity contribution in [3.63, 3.8) is 0 Å². The first-order valence-electron chi connectivity index (χ1n) is 7.11. The number of imidazole rings is 1. The highest BCUT2D eigenvalue weighted by Gasteiger charge is 2.22. The fraction of sp³-hybridized carbons (Fsp3) is 0. The van der Waals surface area contributed by atoms with Crippen LogP contribution in [0.2, 0.25) is 0 Å². The number of H-pyrrole nitrogens is 1. The van der Waals surface area contributed by atoms with Crippen LogP contribution in [-0.2, 0) is 0 Å². The van der Waals surface area contributed by atoms with Crippen molar-refractivity contribution < 1.29 is 13.2 Å². The fourth-order valence-electron chi connectivity index (χ4n) is 2.69. The van der Waals surface area contributed by atoms with E-state index in [0.717, 1.165) is 22.5 Å². The zero-order valence-corrected chi connectivity index (χ0v) is 12.0. The normalized spacial score (nSPS) is 11.0. The minimum absolute atomic E-state index is 0.297. The Morgan fingerprint density at radius 1 is 0.826 bits per heavy atom. The first-order valence-corrected chi connectivity index (χ1v) is 7.11. The van der Waals surface area contributed by atoms with Gasteiger partial charge in [0.2, 0.25) is 0 Å². The second-order valence-electron chi connectivity index (χ2n) is 5.19. The lowest BCUT2D eigenvalue weighted by atomic mass is 10.1.